The maximum atomic E-state index is 12.1. The molecule has 1 amide bonds. The molecule has 0 radical (unpaired) electrons. The van der Waals surface area contributed by atoms with E-state index >= 15 is 0 Å². The number of nitro groups is 1. The number of nitro benzene ring substituents is 1. The zero-order valence-electron chi connectivity index (χ0n) is 11.5. The number of hydrogen-bond acceptors (Lipinski definition) is 5. The van der Waals surface area contributed by atoms with Gasteiger partial charge in [0.15, 0.2) is 5.16 Å². The topological polar surface area (TPSA) is 90.1 Å². The standard InChI is InChI=1S/C13H14N4O3S/c1-9(21-13-14-6-7-16(13)2)12(18)15-10-4-3-5-11(8-10)17(19)20/h3-9H,1-2H3,(H,15,18). The summed E-state index contributed by atoms with van der Waals surface area (Å²) in [6.45, 7) is 1.76. The molecule has 0 aliphatic carbocycles. The van der Waals surface area contributed by atoms with Crippen molar-refractivity contribution in [1.82, 2.24) is 9.55 Å². The Kier molecular flexibility index (Phi) is 4.59. The van der Waals surface area contributed by atoms with E-state index in [9.17, 15) is 14.9 Å². The highest BCUT2D eigenvalue weighted by Crippen LogP contribution is 2.23. The number of aryl methyl sites for hydroxylation is 1. The van der Waals surface area contributed by atoms with Crippen LogP contribution in [0.4, 0.5) is 11.4 Å². The van der Waals surface area contributed by atoms with Gasteiger partial charge >= 0.3 is 0 Å². The van der Waals surface area contributed by atoms with Crippen molar-refractivity contribution in [2.75, 3.05) is 5.32 Å². The molecule has 2 aromatic rings. The van der Waals surface area contributed by atoms with Crippen LogP contribution >= 0.6 is 11.8 Å². The van der Waals surface area contributed by atoms with Crippen molar-refractivity contribution >= 4 is 29.0 Å². The summed E-state index contributed by atoms with van der Waals surface area (Å²) < 4.78 is 1.82. The van der Waals surface area contributed by atoms with E-state index in [1.165, 1.54) is 30.0 Å². The molecule has 0 fully saturated rings. The molecule has 1 heterocycles. The summed E-state index contributed by atoms with van der Waals surface area (Å²) in [6.07, 6.45) is 3.46. The van der Waals surface area contributed by atoms with Crippen molar-refractivity contribution in [3.63, 3.8) is 0 Å². The summed E-state index contributed by atoms with van der Waals surface area (Å²) in [5, 5.41) is 13.7. The summed E-state index contributed by atoms with van der Waals surface area (Å²) in [5.74, 6) is -0.233. The van der Waals surface area contributed by atoms with Crippen LogP contribution in [0.15, 0.2) is 41.8 Å². The summed E-state index contributed by atoms with van der Waals surface area (Å²) in [4.78, 5) is 26.4. The van der Waals surface area contributed by atoms with Gasteiger partial charge in [-0.05, 0) is 13.0 Å². The van der Waals surface area contributed by atoms with Crippen LogP contribution in [0.25, 0.3) is 0 Å². The van der Waals surface area contributed by atoms with Gasteiger partial charge in [-0.3, -0.25) is 14.9 Å². The number of amides is 1. The van der Waals surface area contributed by atoms with Gasteiger partial charge in [0, 0.05) is 37.3 Å². The zero-order valence-corrected chi connectivity index (χ0v) is 12.3. The second-order valence-corrected chi connectivity index (χ2v) is 5.69. The van der Waals surface area contributed by atoms with E-state index in [2.05, 4.69) is 10.3 Å². The van der Waals surface area contributed by atoms with E-state index in [4.69, 9.17) is 0 Å². The minimum atomic E-state index is -0.498. The van der Waals surface area contributed by atoms with E-state index < -0.39 is 4.92 Å². The van der Waals surface area contributed by atoms with Crippen LogP contribution in [0.1, 0.15) is 6.92 Å². The predicted molar refractivity (Wildman–Crippen MR) is 80.3 cm³/mol. The maximum Gasteiger partial charge on any atom is 0.271 e. The van der Waals surface area contributed by atoms with Crippen LogP contribution in [0.3, 0.4) is 0 Å². The van der Waals surface area contributed by atoms with Crippen LogP contribution < -0.4 is 5.32 Å². The molecule has 0 saturated heterocycles. The van der Waals surface area contributed by atoms with Gasteiger partial charge in [-0.2, -0.15) is 0 Å². The third kappa shape index (κ3) is 3.82. The number of thioether (sulfide) groups is 1. The number of rotatable bonds is 5. The van der Waals surface area contributed by atoms with Crippen molar-refractivity contribution in [2.45, 2.75) is 17.3 Å². The van der Waals surface area contributed by atoms with Crippen LogP contribution in [0.2, 0.25) is 0 Å². The summed E-state index contributed by atoms with van der Waals surface area (Å²) in [7, 11) is 1.85. The van der Waals surface area contributed by atoms with Crippen molar-refractivity contribution in [3.8, 4) is 0 Å². The predicted octanol–water partition coefficient (Wildman–Crippen LogP) is 2.45. The SMILES string of the molecule is CC(Sc1nccn1C)C(=O)Nc1cccc([N+](=O)[O-])c1. The molecular weight excluding hydrogens is 292 g/mol. The fraction of sp³-hybridized carbons (Fsp3) is 0.231. The molecule has 0 aliphatic rings. The van der Waals surface area contributed by atoms with Crippen molar-refractivity contribution in [1.29, 1.82) is 0 Å². The maximum absolute atomic E-state index is 12.1. The number of nitrogens with zero attached hydrogens (tertiary/aromatic N) is 3. The van der Waals surface area contributed by atoms with E-state index in [0.29, 0.717) is 5.69 Å². The minimum Gasteiger partial charge on any atom is -0.329 e. The van der Waals surface area contributed by atoms with Crippen LogP contribution in [-0.4, -0.2) is 25.6 Å². The number of carbonyl (C=O) groups is 1. The van der Waals surface area contributed by atoms with E-state index in [0.717, 1.165) is 5.16 Å². The Labute approximate surface area is 125 Å². The van der Waals surface area contributed by atoms with Gasteiger partial charge in [-0.25, -0.2) is 4.98 Å². The van der Waals surface area contributed by atoms with Crippen LogP contribution in [0.5, 0.6) is 0 Å². The molecule has 1 aromatic heterocycles. The highest BCUT2D eigenvalue weighted by atomic mass is 32.2. The van der Waals surface area contributed by atoms with Gasteiger partial charge in [0.05, 0.1) is 10.2 Å². The smallest absolute Gasteiger partial charge is 0.271 e. The first-order valence-corrected chi connectivity index (χ1v) is 7.04. The van der Waals surface area contributed by atoms with Crippen LogP contribution in [-0.2, 0) is 11.8 Å². The lowest BCUT2D eigenvalue weighted by atomic mass is 10.2. The lowest BCUT2D eigenvalue weighted by molar-refractivity contribution is -0.384. The first kappa shape index (κ1) is 15.0. The number of anilines is 1. The number of non-ortho nitro benzene ring substituents is 1. The van der Waals surface area contributed by atoms with Crippen molar-refractivity contribution in [3.05, 3.63) is 46.8 Å². The highest BCUT2D eigenvalue weighted by Gasteiger charge is 2.17. The molecule has 7 nitrogen and oxygen atoms in total. The monoisotopic (exact) mass is 306 g/mol. The lowest BCUT2D eigenvalue weighted by Gasteiger charge is -2.11. The first-order chi connectivity index (χ1) is 9.97. The molecular formula is C13H14N4O3S. The largest absolute Gasteiger partial charge is 0.329 e. The van der Waals surface area contributed by atoms with E-state index in [1.54, 1.807) is 25.4 Å². The average Bonchev–Trinajstić information content (AvgIpc) is 2.84. The summed E-state index contributed by atoms with van der Waals surface area (Å²) >= 11 is 1.32. The number of imidazole rings is 1. The summed E-state index contributed by atoms with van der Waals surface area (Å²) in [6, 6.07) is 5.85. The molecule has 21 heavy (non-hydrogen) atoms. The second-order valence-electron chi connectivity index (χ2n) is 4.38. The molecule has 0 spiro atoms. The molecule has 8 heteroatoms. The molecule has 2 rings (SSSR count). The van der Waals surface area contributed by atoms with Crippen molar-refractivity contribution < 1.29 is 9.72 Å². The molecule has 1 unspecified atom stereocenters. The lowest BCUT2D eigenvalue weighted by Crippen LogP contribution is -2.22. The van der Waals surface area contributed by atoms with Gasteiger partial charge in [0.1, 0.15) is 0 Å². The number of carbonyl (C=O) groups excluding carboxylic acids is 1. The first-order valence-electron chi connectivity index (χ1n) is 6.16. The third-order valence-corrected chi connectivity index (χ3v) is 3.92. The molecule has 0 aliphatic heterocycles. The van der Waals surface area contributed by atoms with Crippen LogP contribution in [0, 0.1) is 10.1 Å². The molecule has 1 aromatic carbocycles. The van der Waals surface area contributed by atoms with Gasteiger partial charge in [-0.15, -0.1) is 0 Å². The fourth-order valence-electron chi connectivity index (χ4n) is 1.62. The second kappa shape index (κ2) is 6.40. The number of hydrogen-bond donors (Lipinski definition) is 1. The Hall–Kier alpha value is -2.35. The molecule has 1 N–H and O–H groups in total. The van der Waals surface area contributed by atoms with Gasteiger partial charge in [-0.1, -0.05) is 17.8 Å². The Bertz CT molecular complexity index is 671. The van der Waals surface area contributed by atoms with Gasteiger partial charge < -0.3 is 9.88 Å². The molecule has 1 atom stereocenters. The third-order valence-electron chi connectivity index (χ3n) is 2.75. The average molecular weight is 306 g/mol. The zero-order chi connectivity index (χ0) is 15.4. The molecule has 0 bridgehead atoms. The Balaban J connectivity index is 2.02. The fourth-order valence-corrected chi connectivity index (χ4v) is 2.45. The quantitative estimate of drug-likeness (QED) is 0.520. The summed E-state index contributed by atoms with van der Waals surface area (Å²) in [5.41, 5.74) is 0.346. The Morgan fingerprint density at radius 3 is 2.90 bits per heavy atom. The van der Waals surface area contributed by atoms with Gasteiger partial charge in [0.25, 0.3) is 5.69 Å². The number of nitrogens with one attached hydrogen (secondary N) is 1. The Morgan fingerprint density at radius 2 is 2.29 bits per heavy atom. The van der Waals surface area contributed by atoms with Gasteiger partial charge in [0.2, 0.25) is 5.91 Å². The number of benzene rings is 1. The minimum absolute atomic E-state index is 0.0581. The number of aromatic nitrogens is 2. The van der Waals surface area contributed by atoms with E-state index in [-0.39, 0.29) is 16.8 Å². The molecule has 110 valence electrons. The molecule has 0 saturated carbocycles. The highest BCUT2D eigenvalue weighted by molar-refractivity contribution is 8.00. The van der Waals surface area contributed by atoms with Crippen molar-refractivity contribution in [2.24, 2.45) is 7.05 Å². The van der Waals surface area contributed by atoms with E-state index in [1.807, 2.05) is 11.6 Å². The Morgan fingerprint density at radius 1 is 1.52 bits per heavy atom. The normalized spacial score (nSPS) is 11.9.